The van der Waals surface area contributed by atoms with Gasteiger partial charge in [-0.25, -0.2) is 9.52 Å². The van der Waals surface area contributed by atoms with E-state index < -0.39 is 28.5 Å². The Balaban J connectivity index is 1.58. The summed E-state index contributed by atoms with van der Waals surface area (Å²) in [6.07, 6.45) is 5.55. The number of hydrogen-bond acceptors (Lipinski definition) is 7. The molecular formula is C23H28BN5O6S. The maximum atomic E-state index is 12.9. The number of benzene rings is 1. The molecule has 4 N–H and O–H groups in total. The fourth-order valence-electron chi connectivity index (χ4n) is 4.19. The summed E-state index contributed by atoms with van der Waals surface area (Å²) in [5.41, 5.74) is 3.72. The van der Waals surface area contributed by atoms with Crippen LogP contribution in [0.15, 0.2) is 52.5 Å². The molecule has 0 bridgehead atoms. The highest BCUT2D eigenvalue weighted by Gasteiger charge is 2.33. The molecule has 2 heterocycles. The lowest BCUT2D eigenvalue weighted by Crippen LogP contribution is -2.35. The molecule has 1 aliphatic carbocycles. The van der Waals surface area contributed by atoms with E-state index in [1.807, 2.05) is 16.9 Å². The van der Waals surface area contributed by atoms with Gasteiger partial charge in [0.15, 0.2) is 5.03 Å². The Bertz CT molecular complexity index is 1480. The van der Waals surface area contributed by atoms with Crippen molar-refractivity contribution in [1.82, 2.24) is 19.1 Å². The first-order chi connectivity index (χ1) is 16.9. The van der Waals surface area contributed by atoms with E-state index in [2.05, 4.69) is 10.4 Å². The van der Waals surface area contributed by atoms with E-state index in [-0.39, 0.29) is 17.1 Å². The Morgan fingerprint density at radius 3 is 2.61 bits per heavy atom. The van der Waals surface area contributed by atoms with Gasteiger partial charge in [-0.1, -0.05) is 26.0 Å². The fourth-order valence-corrected chi connectivity index (χ4v) is 5.04. The third-order valence-electron chi connectivity index (χ3n) is 6.31. The van der Waals surface area contributed by atoms with Crippen LogP contribution in [0.5, 0.6) is 0 Å². The number of carbonyl (C=O) groups excluding carboxylic acids is 1. The fraction of sp³-hybridized carbons (Fsp3) is 0.348. The lowest BCUT2D eigenvalue weighted by atomic mass is 9.60. The monoisotopic (exact) mass is 513 g/mol. The second kappa shape index (κ2) is 9.56. The van der Waals surface area contributed by atoms with Gasteiger partial charge in [0, 0.05) is 48.5 Å². The average molecular weight is 513 g/mol. The van der Waals surface area contributed by atoms with Crippen LogP contribution in [-0.2, 0) is 36.5 Å². The van der Waals surface area contributed by atoms with Crippen LogP contribution in [0.2, 0.25) is 5.31 Å². The second-order valence-electron chi connectivity index (χ2n) is 9.62. The number of amides is 2. The maximum absolute atomic E-state index is 12.9. The summed E-state index contributed by atoms with van der Waals surface area (Å²) >= 11 is 0. The van der Waals surface area contributed by atoms with Crippen LogP contribution < -0.4 is 15.6 Å². The molecule has 0 radical (unpaired) electrons. The first kappa shape index (κ1) is 25.7. The molecule has 0 unspecified atom stereocenters. The Hall–Kier alpha value is -3.42. The molecule has 11 nitrogen and oxygen atoms in total. The van der Waals surface area contributed by atoms with E-state index >= 15 is 0 Å². The molecule has 3 aromatic rings. The van der Waals surface area contributed by atoms with Gasteiger partial charge >= 0.3 is 13.1 Å². The minimum atomic E-state index is -4.30. The maximum Gasteiger partial charge on any atom is 0.459 e. The lowest BCUT2D eigenvalue weighted by molar-refractivity contribution is 0.256. The number of anilines is 1. The quantitative estimate of drug-likeness (QED) is 0.349. The highest BCUT2D eigenvalue weighted by molar-refractivity contribution is 7.90. The molecule has 0 atom stereocenters. The minimum absolute atomic E-state index is 0.0471. The highest BCUT2D eigenvalue weighted by atomic mass is 32.2. The molecule has 4 rings (SSSR count). The molecule has 2 aromatic heterocycles. The van der Waals surface area contributed by atoms with Crippen molar-refractivity contribution in [3.05, 3.63) is 64.2 Å². The average Bonchev–Trinajstić information content (AvgIpc) is 3.45. The Labute approximate surface area is 209 Å². The van der Waals surface area contributed by atoms with Crippen molar-refractivity contribution >= 4 is 28.9 Å². The van der Waals surface area contributed by atoms with Crippen molar-refractivity contribution in [3.8, 4) is 11.1 Å². The number of pyridine rings is 1. The Morgan fingerprint density at radius 2 is 1.92 bits per heavy atom. The molecular weight excluding hydrogens is 485 g/mol. The van der Waals surface area contributed by atoms with Crippen LogP contribution in [0, 0.1) is 0 Å². The molecule has 190 valence electrons. The Kier molecular flexibility index (Phi) is 6.82. The third kappa shape index (κ3) is 5.22. The Morgan fingerprint density at radius 1 is 1.17 bits per heavy atom. The summed E-state index contributed by atoms with van der Waals surface area (Å²) < 4.78 is 30.4. The van der Waals surface area contributed by atoms with Crippen molar-refractivity contribution in [2.75, 3.05) is 5.32 Å². The van der Waals surface area contributed by atoms with Crippen molar-refractivity contribution in [2.45, 2.75) is 50.0 Å². The third-order valence-corrected chi connectivity index (χ3v) is 7.53. The number of aryl methyl sites for hydroxylation is 2. The van der Waals surface area contributed by atoms with Gasteiger partial charge in [-0.2, -0.15) is 13.5 Å². The molecule has 0 aliphatic heterocycles. The van der Waals surface area contributed by atoms with Crippen molar-refractivity contribution in [1.29, 1.82) is 0 Å². The predicted octanol–water partition coefficient (Wildman–Crippen LogP) is 1.50. The van der Waals surface area contributed by atoms with Crippen molar-refractivity contribution in [2.24, 2.45) is 7.05 Å². The van der Waals surface area contributed by atoms with Crippen LogP contribution in [0.4, 0.5) is 10.5 Å². The SMILES string of the molecule is Cn1cc(-c2ccc3c(c2NC(=O)NS(=O)(=O)c2ccn(CC(C)(C)B(O)O)n2)CCC3)ccc1=O. The van der Waals surface area contributed by atoms with Crippen molar-refractivity contribution in [3.63, 3.8) is 0 Å². The zero-order valence-corrected chi connectivity index (χ0v) is 21.0. The van der Waals surface area contributed by atoms with E-state index in [4.69, 9.17) is 0 Å². The molecule has 0 saturated heterocycles. The van der Waals surface area contributed by atoms with Crippen LogP contribution in [-0.4, -0.2) is 46.0 Å². The highest BCUT2D eigenvalue weighted by Crippen LogP contribution is 2.37. The van der Waals surface area contributed by atoms with Gasteiger partial charge in [-0.15, -0.1) is 0 Å². The summed E-state index contributed by atoms with van der Waals surface area (Å²) in [6.45, 7) is 3.24. The van der Waals surface area contributed by atoms with Gasteiger partial charge in [-0.3, -0.25) is 9.48 Å². The molecule has 0 spiro atoms. The number of rotatable bonds is 7. The zero-order valence-electron chi connectivity index (χ0n) is 20.2. The standard InChI is InChI=1S/C23H28BN5O6S/c1-23(2,24(32)33)14-29-12-11-19(26-29)36(34,35)27-22(31)25-21-17-6-4-5-15(17)7-9-18(21)16-8-10-20(30)28(3)13-16/h7-13,32-33H,4-6,14H2,1-3H3,(H2,25,27,31). The molecule has 1 aliphatic rings. The summed E-state index contributed by atoms with van der Waals surface area (Å²) in [7, 11) is -4.30. The number of urea groups is 1. The van der Waals surface area contributed by atoms with Crippen LogP contribution in [0.3, 0.4) is 0 Å². The van der Waals surface area contributed by atoms with Gasteiger partial charge in [-0.05, 0) is 42.5 Å². The number of nitrogens with one attached hydrogen (secondary N) is 2. The summed E-state index contributed by atoms with van der Waals surface area (Å²) in [6, 6.07) is 7.22. The molecule has 0 saturated carbocycles. The summed E-state index contributed by atoms with van der Waals surface area (Å²) in [5, 5.41) is 24.3. The van der Waals surface area contributed by atoms with Crippen molar-refractivity contribution < 1.29 is 23.3 Å². The van der Waals surface area contributed by atoms with E-state index in [0.29, 0.717) is 16.8 Å². The number of sulfonamides is 1. The van der Waals surface area contributed by atoms with Gasteiger partial charge in [0.2, 0.25) is 5.56 Å². The van der Waals surface area contributed by atoms with Crippen LogP contribution >= 0.6 is 0 Å². The first-order valence-electron chi connectivity index (χ1n) is 11.4. The van der Waals surface area contributed by atoms with E-state index in [0.717, 1.165) is 30.4 Å². The van der Waals surface area contributed by atoms with Gasteiger partial charge in [0.05, 0.1) is 5.69 Å². The summed E-state index contributed by atoms with van der Waals surface area (Å²) in [5.74, 6) is 0. The van der Waals surface area contributed by atoms with E-state index in [1.165, 1.54) is 27.6 Å². The molecule has 1 aromatic carbocycles. The number of aromatic nitrogens is 3. The molecule has 2 amide bonds. The zero-order chi connectivity index (χ0) is 26.3. The van der Waals surface area contributed by atoms with Gasteiger partial charge in [0.1, 0.15) is 0 Å². The smallest absolute Gasteiger partial charge is 0.427 e. The number of nitrogens with zero attached hydrogens (tertiary/aromatic N) is 3. The second-order valence-corrected chi connectivity index (χ2v) is 11.2. The van der Waals surface area contributed by atoms with E-state index in [9.17, 15) is 28.1 Å². The lowest BCUT2D eigenvalue weighted by Gasteiger charge is -2.22. The van der Waals surface area contributed by atoms with Crippen LogP contribution in [0.25, 0.3) is 11.1 Å². The van der Waals surface area contributed by atoms with E-state index in [1.54, 1.807) is 33.2 Å². The number of carbonyl (C=O) groups is 1. The predicted molar refractivity (Wildman–Crippen MR) is 135 cm³/mol. The van der Waals surface area contributed by atoms with Gasteiger partial charge in [0.25, 0.3) is 10.0 Å². The van der Waals surface area contributed by atoms with Crippen LogP contribution in [0.1, 0.15) is 31.4 Å². The normalized spacial score (nSPS) is 13.4. The molecule has 13 heteroatoms. The molecule has 0 fully saturated rings. The largest absolute Gasteiger partial charge is 0.459 e. The summed E-state index contributed by atoms with van der Waals surface area (Å²) in [4.78, 5) is 24.7. The first-order valence-corrected chi connectivity index (χ1v) is 12.9. The molecule has 36 heavy (non-hydrogen) atoms. The number of fused-ring (bicyclic) bond motifs is 1. The minimum Gasteiger partial charge on any atom is -0.427 e. The number of hydrogen-bond donors (Lipinski definition) is 4. The van der Waals surface area contributed by atoms with Gasteiger partial charge < -0.3 is 19.9 Å². The topological polar surface area (TPSA) is 156 Å².